The second kappa shape index (κ2) is 8.82. The van der Waals surface area contributed by atoms with Crippen molar-refractivity contribution in [3.8, 4) is 0 Å². The molecule has 0 saturated heterocycles. The van der Waals surface area contributed by atoms with Gasteiger partial charge in [-0.1, -0.05) is 46.8 Å². The molecule has 0 spiro atoms. The number of fused-ring (bicyclic) bond motifs is 7. The highest BCUT2D eigenvalue weighted by atomic mass is 16.5. The van der Waals surface area contributed by atoms with E-state index in [9.17, 15) is 14.7 Å². The van der Waals surface area contributed by atoms with E-state index in [4.69, 9.17) is 9.47 Å². The van der Waals surface area contributed by atoms with Crippen LogP contribution in [-0.2, 0) is 19.1 Å². The zero-order valence-electron chi connectivity index (χ0n) is 25.2. The number of aliphatic hydroxyl groups excluding tert-OH is 1. The summed E-state index contributed by atoms with van der Waals surface area (Å²) in [5.41, 5.74) is 0.0319. The number of methoxy groups -OCH3 is 1. The zero-order chi connectivity index (χ0) is 28.1. The monoisotopic (exact) mass is 528 g/mol. The van der Waals surface area contributed by atoms with Gasteiger partial charge in [-0.3, -0.25) is 9.59 Å². The first-order chi connectivity index (χ1) is 17.6. The molecule has 5 rings (SSSR count). The number of hydrogen-bond donors (Lipinski definition) is 1. The number of carbonyl (C=O) groups is 2. The lowest BCUT2D eigenvalue weighted by Gasteiger charge is -2.72. The fourth-order valence-electron chi connectivity index (χ4n) is 12.0. The van der Waals surface area contributed by atoms with Crippen LogP contribution in [0.2, 0.25) is 0 Å². The van der Waals surface area contributed by atoms with Crippen molar-refractivity contribution in [2.24, 2.45) is 56.7 Å². The fraction of sp³-hybridized carbons (Fsp3) is 0.879. The largest absolute Gasteiger partial charge is 0.469 e. The molecule has 214 valence electrons. The summed E-state index contributed by atoms with van der Waals surface area (Å²) in [5.74, 6) is 1.31. The van der Waals surface area contributed by atoms with Crippen LogP contribution < -0.4 is 0 Å². The lowest BCUT2D eigenvalue weighted by atomic mass is 9.31. The SMILES string of the molecule is C=C(C)[C@@H]1CC[C@]2(C)CC[C@]3(C)[C@H](CC[C@@H]4[C@@]5(C)[C@H](OC(C)=O)C[C@H](O)C(C)(C)[C@@H]5CC[C@]43C(=O)OC)[C@@H]12. The molecule has 0 aromatic carbocycles. The number of hydrogen-bond acceptors (Lipinski definition) is 5. The summed E-state index contributed by atoms with van der Waals surface area (Å²) in [4.78, 5) is 26.7. The minimum absolute atomic E-state index is 0.0348. The Morgan fingerprint density at radius 1 is 0.895 bits per heavy atom. The molecule has 5 aliphatic rings. The summed E-state index contributed by atoms with van der Waals surface area (Å²) >= 11 is 0. The van der Waals surface area contributed by atoms with Crippen molar-refractivity contribution in [2.75, 3.05) is 7.11 Å². The maximum absolute atomic E-state index is 14.3. The normalized spacial score (nSPS) is 51.0. The van der Waals surface area contributed by atoms with Crippen molar-refractivity contribution < 1.29 is 24.2 Å². The van der Waals surface area contributed by atoms with Gasteiger partial charge in [0, 0.05) is 18.8 Å². The Morgan fingerprint density at radius 3 is 2.18 bits per heavy atom. The number of aliphatic hydroxyl groups is 1. The molecule has 5 heteroatoms. The molecule has 1 N–H and O–H groups in total. The average Bonchev–Trinajstić information content (AvgIpc) is 3.19. The lowest BCUT2D eigenvalue weighted by molar-refractivity contribution is -0.280. The van der Waals surface area contributed by atoms with E-state index in [0.717, 1.165) is 38.5 Å². The van der Waals surface area contributed by atoms with Crippen LogP contribution in [0.3, 0.4) is 0 Å². The van der Waals surface area contributed by atoms with E-state index >= 15 is 0 Å². The van der Waals surface area contributed by atoms with Crippen molar-refractivity contribution in [3.63, 3.8) is 0 Å². The topological polar surface area (TPSA) is 72.8 Å². The predicted octanol–water partition coefficient (Wildman–Crippen LogP) is 6.72. The van der Waals surface area contributed by atoms with Crippen molar-refractivity contribution in [3.05, 3.63) is 12.2 Å². The van der Waals surface area contributed by atoms with Crippen LogP contribution in [0.1, 0.15) is 106 Å². The van der Waals surface area contributed by atoms with Crippen molar-refractivity contribution >= 4 is 11.9 Å². The van der Waals surface area contributed by atoms with E-state index in [1.54, 1.807) is 7.11 Å². The summed E-state index contributed by atoms with van der Waals surface area (Å²) in [6.07, 6.45) is 7.71. The first-order valence-electron chi connectivity index (χ1n) is 15.2. The van der Waals surface area contributed by atoms with Gasteiger partial charge in [0.25, 0.3) is 0 Å². The third-order valence-corrected chi connectivity index (χ3v) is 13.8. The zero-order valence-corrected chi connectivity index (χ0v) is 25.2. The van der Waals surface area contributed by atoms with E-state index in [1.807, 2.05) is 0 Å². The smallest absolute Gasteiger partial charge is 0.312 e. The van der Waals surface area contributed by atoms with Crippen LogP contribution >= 0.6 is 0 Å². The van der Waals surface area contributed by atoms with Gasteiger partial charge in [0.1, 0.15) is 6.10 Å². The minimum Gasteiger partial charge on any atom is -0.469 e. The van der Waals surface area contributed by atoms with Gasteiger partial charge in [-0.05, 0) is 104 Å². The third kappa shape index (κ3) is 3.38. The molecule has 0 aromatic rings. The molecular weight excluding hydrogens is 476 g/mol. The fourth-order valence-corrected chi connectivity index (χ4v) is 12.0. The minimum atomic E-state index is -0.629. The number of rotatable bonds is 3. The van der Waals surface area contributed by atoms with E-state index in [0.29, 0.717) is 29.6 Å². The second-order valence-corrected chi connectivity index (χ2v) is 15.4. The van der Waals surface area contributed by atoms with Crippen molar-refractivity contribution in [1.29, 1.82) is 0 Å². The maximum atomic E-state index is 14.3. The Kier molecular flexibility index (Phi) is 6.54. The first kappa shape index (κ1) is 28.2. The lowest BCUT2D eigenvalue weighted by Crippen LogP contribution is -2.72. The Bertz CT molecular complexity index is 1020. The van der Waals surface area contributed by atoms with Crippen LogP contribution in [0.25, 0.3) is 0 Å². The molecule has 5 fully saturated rings. The molecule has 38 heavy (non-hydrogen) atoms. The molecule has 0 radical (unpaired) electrons. The Hall–Kier alpha value is -1.36. The molecule has 5 saturated carbocycles. The summed E-state index contributed by atoms with van der Waals surface area (Å²) in [6, 6.07) is 0. The predicted molar refractivity (Wildman–Crippen MR) is 148 cm³/mol. The van der Waals surface area contributed by atoms with E-state index in [2.05, 4.69) is 48.1 Å². The Labute approximate surface area is 230 Å². The Morgan fingerprint density at radius 2 is 1.58 bits per heavy atom. The summed E-state index contributed by atoms with van der Waals surface area (Å²) < 4.78 is 11.9. The molecular formula is C33H52O5. The molecule has 0 amide bonds. The highest BCUT2D eigenvalue weighted by Crippen LogP contribution is 2.78. The van der Waals surface area contributed by atoms with Crippen LogP contribution in [0.15, 0.2) is 12.2 Å². The number of allylic oxidation sites excluding steroid dienone is 1. The van der Waals surface area contributed by atoms with Gasteiger partial charge in [0.05, 0.1) is 18.6 Å². The molecule has 0 aromatic heterocycles. The van der Waals surface area contributed by atoms with Crippen LogP contribution in [0.5, 0.6) is 0 Å². The van der Waals surface area contributed by atoms with Gasteiger partial charge in [-0.25, -0.2) is 0 Å². The van der Waals surface area contributed by atoms with Gasteiger partial charge in [0.2, 0.25) is 0 Å². The molecule has 5 nitrogen and oxygen atoms in total. The summed E-state index contributed by atoms with van der Waals surface area (Å²) in [5, 5.41) is 11.2. The van der Waals surface area contributed by atoms with E-state index in [-0.39, 0.29) is 34.6 Å². The quantitative estimate of drug-likeness (QED) is 0.325. The summed E-state index contributed by atoms with van der Waals surface area (Å²) in [6.45, 7) is 19.6. The van der Waals surface area contributed by atoms with Gasteiger partial charge < -0.3 is 14.6 Å². The molecule has 0 bridgehead atoms. The molecule has 5 aliphatic carbocycles. The maximum Gasteiger partial charge on any atom is 0.312 e. The van der Waals surface area contributed by atoms with Gasteiger partial charge in [-0.2, -0.15) is 0 Å². The van der Waals surface area contributed by atoms with Crippen LogP contribution in [0.4, 0.5) is 0 Å². The second-order valence-electron chi connectivity index (χ2n) is 15.4. The number of esters is 2. The van der Waals surface area contributed by atoms with E-state index < -0.39 is 23.0 Å². The highest BCUT2D eigenvalue weighted by Gasteiger charge is 2.76. The third-order valence-electron chi connectivity index (χ3n) is 13.8. The van der Waals surface area contributed by atoms with Gasteiger partial charge in [-0.15, -0.1) is 0 Å². The molecule has 0 heterocycles. The number of ether oxygens (including phenoxy) is 2. The average molecular weight is 529 g/mol. The highest BCUT2D eigenvalue weighted by molar-refractivity contribution is 5.79. The van der Waals surface area contributed by atoms with Crippen LogP contribution in [-0.4, -0.2) is 36.4 Å². The molecule has 0 unspecified atom stereocenters. The first-order valence-corrected chi connectivity index (χ1v) is 15.2. The molecule has 0 aliphatic heterocycles. The standard InChI is InChI=1S/C33H52O5/c1-19(2)21-12-14-30(6)16-17-31(7)22(27(21)30)10-11-24-32(8)23(13-15-33(24,31)28(36)37-9)29(4,5)25(35)18-26(32)38-20(3)34/h21-27,35H,1,10-18H2,2-9H3/t21-,22+,23-,24+,25-,26+,27+,30+,31+,32-,33+/m0/s1. The van der Waals surface area contributed by atoms with Crippen LogP contribution in [0, 0.1) is 56.7 Å². The van der Waals surface area contributed by atoms with Gasteiger partial charge >= 0.3 is 11.9 Å². The number of carbonyl (C=O) groups excluding carboxylic acids is 2. The van der Waals surface area contributed by atoms with Crippen molar-refractivity contribution in [1.82, 2.24) is 0 Å². The Balaban J connectivity index is 1.67. The van der Waals surface area contributed by atoms with Crippen molar-refractivity contribution in [2.45, 2.75) is 118 Å². The van der Waals surface area contributed by atoms with E-state index in [1.165, 1.54) is 25.3 Å². The summed E-state index contributed by atoms with van der Waals surface area (Å²) in [7, 11) is 1.56. The molecule has 11 atom stereocenters. The van der Waals surface area contributed by atoms with Gasteiger partial charge in [0.15, 0.2) is 0 Å².